The van der Waals surface area contributed by atoms with Gasteiger partial charge in [-0.2, -0.15) is 0 Å². The molecule has 1 heterocycles. The molecule has 0 aliphatic carbocycles. The first-order valence-corrected chi connectivity index (χ1v) is 8.07. The van der Waals surface area contributed by atoms with Crippen LogP contribution in [0.15, 0.2) is 66.7 Å². The fourth-order valence-electron chi connectivity index (χ4n) is 3.24. The van der Waals surface area contributed by atoms with Gasteiger partial charge in [0, 0.05) is 17.4 Å². The molecule has 0 saturated carbocycles. The van der Waals surface area contributed by atoms with Crippen molar-refractivity contribution in [2.45, 2.75) is 32.4 Å². The molecule has 0 radical (unpaired) electrons. The summed E-state index contributed by atoms with van der Waals surface area (Å²) < 4.78 is 0. The number of carbonyl (C=O) groups is 1. The van der Waals surface area contributed by atoms with Gasteiger partial charge in [0.1, 0.15) is 0 Å². The monoisotopic (exact) mass is 306 g/mol. The Morgan fingerprint density at radius 2 is 1.83 bits per heavy atom. The minimum atomic E-state index is 0.0469. The molecule has 118 valence electrons. The van der Waals surface area contributed by atoms with Gasteiger partial charge in [-0.05, 0) is 50.1 Å². The molecular weight excluding hydrogens is 284 g/mol. The maximum absolute atomic E-state index is 12.5. The molecule has 2 aromatic carbocycles. The molecule has 1 aliphatic rings. The van der Waals surface area contributed by atoms with Gasteiger partial charge in [0.15, 0.2) is 0 Å². The Morgan fingerprint density at radius 1 is 1.13 bits per heavy atom. The van der Waals surface area contributed by atoms with E-state index in [0.717, 1.165) is 17.8 Å². The fraction of sp³-hybridized carbons (Fsp3) is 0.250. The van der Waals surface area contributed by atoms with E-state index in [1.807, 2.05) is 48.2 Å². The maximum Gasteiger partial charge on any atom is 0.250 e. The van der Waals surface area contributed by atoms with E-state index < -0.39 is 0 Å². The molecular formula is C20H22N2O. The van der Waals surface area contributed by atoms with Crippen molar-refractivity contribution in [1.82, 2.24) is 0 Å². The summed E-state index contributed by atoms with van der Waals surface area (Å²) in [6, 6.07) is 18.7. The Labute approximate surface area is 137 Å². The second-order valence-corrected chi connectivity index (χ2v) is 5.91. The molecule has 0 spiro atoms. The molecule has 1 amide bonds. The minimum absolute atomic E-state index is 0.0469. The van der Waals surface area contributed by atoms with Gasteiger partial charge in [0.25, 0.3) is 5.91 Å². The van der Waals surface area contributed by atoms with E-state index in [1.54, 1.807) is 12.2 Å². The van der Waals surface area contributed by atoms with Gasteiger partial charge in [-0.1, -0.05) is 42.5 Å². The highest BCUT2D eigenvalue weighted by Gasteiger charge is 2.32. The van der Waals surface area contributed by atoms with E-state index in [1.165, 1.54) is 5.56 Å². The molecule has 3 rings (SSSR count). The van der Waals surface area contributed by atoms with E-state index in [-0.39, 0.29) is 18.0 Å². The zero-order valence-electron chi connectivity index (χ0n) is 13.6. The van der Waals surface area contributed by atoms with Crippen LogP contribution in [0.5, 0.6) is 0 Å². The summed E-state index contributed by atoms with van der Waals surface area (Å²) in [4.78, 5) is 14.4. The van der Waals surface area contributed by atoms with Crippen LogP contribution >= 0.6 is 0 Å². The van der Waals surface area contributed by atoms with E-state index in [4.69, 9.17) is 0 Å². The fourth-order valence-corrected chi connectivity index (χ4v) is 3.24. The second-order valence-electron chi connectivity index (χ2n) is 5.91. The largest absolute Gasteiger partial charge is 0.378 e. The Morgan fingerprint density at radius 3 is 2.57 bits per heavy atom. The number of hydrogen-bond acceptors (Lipinski definition) is 2. The summed E-state index contributed by atoms with van der Waals surface area (Å²) in [7, 11) is 0. The van der Waals surface area contributed by atoms with E-state index in [0.29, 0.717) is 0 Å². The molecule has 2 unspecified atom stereocenters. The van der Waals surface area contributed by atoms with Gasteiger partial charge in [0.2, 0.25) is 0 Å². The first-order valence-electron chi connectivity index (χ1n) is 8.07. The number of rotatable bonds is 3. The number of hydrogen-bond donors (Lipinski definition) is 1. The summed E-state index contributed by atoms with van der Waals surface area (Å²) in [5.74, 6) is 0.0469. The lowest BCUT2D eigenvalue weighted by molar-refractivity contribution is -0.114. The Kier molecular flexibility index (Phi) is 4.47. The molecule has 0 aromatic heterocycles. The summed E-state index contributed by atoms with van der Waals surface area (Å²) in [5, 5.41) is 3.60. The maximum atomic E-state index is 12.5. The van der Waals surface area contributed by atoms with Crippen molar-refractivity contribution in [2.24, 2.45) is 0 Å². The third kappa shape index (κ3) is 3.14. The van der Waals surface area contributed by atoms with Crippen LogP contribution in [-0.4, -0.2) is 11.9 Å². The molecule has 2 atom stereocenters. The van der Waals surface area contributed by atoms with Crippen LogP contribution in [0.1, 0.15) is 31.9 Å². The van der Waals surface area contributed by atoms with Crippen molar-refractivity contribution in [3.63, 3.8) is 0 Å². The molecule has 0 saturated heterocycles. The number of anilines is 2. The van der Waals surface area contributed by atoms with Crippen molar-refractivity contribution < 1.29 is 4.79 Å². The molecule has 3 nitrogen and oxygen atoms in total. The molecule has 0 fully saturated rings. The topological polar surface area (TPSA) is 32.3 Å². The number of amides is 1. The molecule has 1 aliphatic heterocycles. The number of nitrogens with one attached hydrogen (secondary N) is 1. The lowest BCUT2D eigenvalue weighted by Gasteiger charge is -2.39. The lowest BCUT2D eigenvalue weighted by Crippen LogP contribution is -2.43. The van der Waals surface area contributed by atoms with Gasteiger partial charge >= 0.3 is 0 Å². The lowest BCUT2D eigenvalue weighted by atomic mass is 9.91. The van der Waals surface area contributed by atoms with Gasteiger partial charge in [-0.15, -0.1) is 0 Å². The average molecular weight is 306 g/mol. The number of benzene rings is 2. The smallest absolute Gasteiger partial charge is 0.250 e. The van der Waals surface area contributed by atoms with Crippen LogP contribution in [0.4, 0.5) is 11.4 Å². The first kappa shape index (κ1) is 15.3. The van der Waals surface area contributed by atoms with Gasteiger partial charge < -0.3 is 10.2 Å². The molecule has 0 bridgehead atoms. The number of nitrogens with zero attached hydrogens (tertiary/aromatic N) is 1. The minimum Gasteiger partial charge on any atom is -0.378 e. The van der Waals surface area contributed by atoms with Gasteiger partial charge in [0.05, 0.1) is 6.04 Å². The summed E-state index contributed by atoms with van der Waals surface area (Å²) in [6.07, 6.45) is 4.32. The molecule has 23 heavy (non-hydrogen) atoms. The highest BCUT2D eigenvalue weighted by molar-refractivity contribution is 6.02. The zero-order chi connectivity index (χ0) is 16.2. The highest BCUT2D eigenvalue weighted by Crippen LogP contribution is 2.38. The average Bonchev–Trinajstić information content (AvgIpc) is 2.56. The van der Waals surface area contributed by atoms with E-state index in [2.05, 4.69) is 30.4 Å². The standard InChI is InChI=1S/C20H22N2O/c1-3-9-20(23)22-15(2)14-18(17-12-7-8-13-19(17)22)21-16-10-5-4-6-11-16/h3-13,15,18,21H,14H2,1-2H3. The van der Waals surface area contributed by atoms with Crippen LogP contribution in [0, 0.1) is 0 Å². The predicted octanol–water partition coefficient (Wildman–Crippen LogP) is 4.54. The van der Waals surface area contributed by atoms with Crippen molar-refractivity contribution >= 4 is 17.3 Å². The highest BCUT2D eigenvalue weighted by atomic mass is 16.2. The van der Waals surface area contributed by atoms with Crippen LogP contribution in [-0.2, 0) is 4.79 Å². The number of fused-ring (bicyclic) bond motifs is 1. The number of carbonyl (C=O) groups excluding carboxylic acids is 1. The zero-order valence-corrected chi connectivity index (χ0v) is 13.6. The predicted molar refractivity (Wildman–Crippen MR) is 95.6 cm³/mol. The van der Waals surface area contributed by atoms with E-state index in [9.17, 15) is 4.79 Å². The Balaban J connectivity index is 1.95. The third-order valence-corrected chi connectivity index (χ3v) is 4.25. The normalized spacial score (nSPS) is 20.3. The van der Waals surface area contributed by atoms with Crippen molar-refractivity contribution in [3.05, 3.63) is 72.3 Å². The van der Waals surface area contributed by atoms with Crippen molar-refractivity contribution in [3.8, 4) is 0 Å². The van der Waals surface area contributed by atoms with Crippen LogP contribution in [0.25, 0.3) is 0 Å². The third-order valence-electron chi connectivity index (χ3n) is 4.25. The quantitative estimate of drug-likeness (QED) is 0.844. The second kappa shape index (κ2) is 6.69. The summed E-state index contributed by atoms with van der Waals surface area (Å²) in [6.45, 7) is 3.98. The Bertz CT molecular complexity index is 709. The molecule has 2 aromatic rings. The molecule has 1 N–H and O–H groups in total. The van der Waals surface area contributed by atoms with Crippen LogP contribution in [0.3, 0.4) is 0 Å². The van der Waals surface area contributed by atoms with Gasteiger partial charge in [-0.25, -0.2) is 0 Å². The SMILES string of the molecule is CC=CC(=O)N1c2ccccc2C(Nc2ccccc2)CC1C. The number of allylic oxidation sites excluding steroid dienone is 1. The summed E-state index contributed by atoms with van der Waals surface area (Å²) >= 11 is 0. The van der Waals surface area contributed by atoms with E-state index >= 15 is 0 Å². The van der Waals surface area contributed by atoms with Gasteiger partial charge in [-0.3, -0.25) is 4.79 Å². The molecule has 3 heteroatoms. The number of para-hydroxylation sites is 2. The van der Waals surface area contributed by atoms with Crippen molar-refractivity contribution in [1.29, 1.82) is 0 Å². The summed E-state index contributed by atoms with van der Waals surface area (Å²) in [5.41, 5.74) is 3.28. The Hall–Kier alpha value is -2.55. The van der Waals surface area contributed by atoms with Crippen molar-refractivity contribution in [2.75, 3.05) is 10.2 Å². The van der Waals surface area contributed by atoms with Crippen LogP contribution in [0.2, 0.25) is 0 Å². The van der Waals surface area contributed by atoms with Crippen LogP contribution < -0.4 is 10.2 Å². The first-order chi connectivity index (χ1) is 11.2.